The second-order valence-electron chi connectivity index (χ2n) is 5.28. The monoisotopic (exact) mass is 279 g/mol. The molecule has 1 atom stereocenters. The van der Waals surface area contributed by atoms with Gasteiger partial charge in [-0.15, -0.1) is 0 Å². The fourth-order valence-corrected chi connectivity index (χ4v) is 2.07. The van der Waals surface area contributed by atoms with Crippen LogP contribution in [0.25, 0.3) is 0 Å². The second kappa shape index (κ2) is 6.72. The summed E-state index contributed by atoms with van der Waals surface area (Å²) in [5.74, 6) is -0.232. The third-order valence-corrected chi connectivity index (χ3v) is 3.35. The standard InChI is InChI=1S/C15H21NO4/c1-10(2)11-6-7-13(17)12(9-11)15(18)16-20-14-5-3-4-8-19-14/h6-7,9-10,14,17H,3-5,8H2,1-2H3,(H,16,18). The quantitative estimate of drug-likeness (QED) is 0.832. The lowest BCUT2D eigenvalue weighted by molar-refractivity contribution is -0.186. The fourth-order valence-electron chi connectivity index (χ4n) is 2.07. The Morgan fingerprint density at radius 1 is 1.45 bits per heavy atom. The number of amides is 1. The highest BCUT2D eigenvalue weighted by Crippen LogP contribution is 2.23. The van der Waals surface area contributed by atoms with Crippen molar-refractivity contribution in [3.63, 3.8) is 0 Å². The average Bonchev–Trinajstić information content (AvgIpc) is 2.46. The summed E-state index contributed by atoms with van der Waals surface area (Å²) in [4.78, 5) is 17.3. The van der Waals surface area contributed by atoms with E-state index in [-0.39, 0.29) is 17.2 Å². The zero-order valence-corrected chi connectivity index (χ0v) is 11.9. The molecule has 0 saturated carbocycles. The highest BCUT2D eigenvalue weighted by Gasteiger charge is 2.18. The van der Waals surface area contributed by atoms with Crippen molar-refractivity contribution in [1.29, 1.82) is 0 Å². The minimum absolute atomic E-state index is 0.0555. The number of nitrogens with one attached hydrogen (secondary N) is 1. The normalized spacial score (nSPS) is 19.1. The molecular weight excluding hydrogens is 258 g/mol. The van der Waals surface area contributed by atoms with Crippen LogP contribution in [0.1, 0.15) is 54.9 Å². The largest absolute Gasteiger partial charge is 0.507 e. The molecule has 20 heavy (non-hydrogen) atoms. The SMILES string of the molecule is CC(C)c1ccc(O)c(C(=O)NOC2CCCCO2)c1. The summed E-state index contributed by atoms with van der Waals surface area (Å²) < 4.78 is 5.36. The molecule has 1 aromatic rings. The van der Waals surface area contributed by atoms with Crippen LogP contribution >= 0.6 is 0 Å². The molecule has 1 heterocycles. The Bertz CT molecular complexity index is 467. The van der Waals surface area contributed by atoms with Crippen LogP contribution in [-0.4, -0.2) is 23.9 Å². The van der Waals surface area contributed by atoms with Gasteiger partial charge in [0.1, 0.15) is 5.75 Å². The predicted octanol–water partition coefficient (Wildman–Crippen LogP) is 2.70. The Hall–Kier alpha value is -1.59. The van der Waals surface area contributed by atoms with Crippen LogP contribution in [0.5, 0.6) is 5.75 Å². The summed E-state index contributed by atoms with van der Waals surface area (Å²) in [5.41, 5.74) is 3.55. The summed E-state index contributed by atoms with van der Waals surface area (Å²) in [6.45, 7) is 4.70. The molecule has 0 aromatic heterocycles. The molecule has 1 aliphatic heterocycles. The molecule has 0 bridgehead atoms. The Kier molecular flexibility index (Phi) is 4.98. The molecule has 110 valence electrons. The van der Waals surface area contributed by atoms with Crippen molar-refractivity contribution in [1.82, 2.24) is 5.48 Å². The highest BCUT2D eigenvalue weighted by molar-refractivity contribution is 5.96. The van der Waals surface area contributed by atoms with E-state index < -0.39 is 12.2 Å². The molecule has 1 aromatic carbocycles. The van der Waals surface area contributed by atoms with Crippen molar-refractivity contribution in [2.45, 2.75) is 45.3 Å². The average molecular weight is 279 g/mol. The van der Waals surface area contributed by atoms with Crippen LogP contribution in [0.15, 0.2) is 18.2 Å². The number of aromatic hydroxyl groups is 1. The number of phenolic OH excluding ortho intramolecular Hbond substituents is 1. The molecule has 1 saturated heterocycles. The topological polar surface area (TPSA) is 67.8 Å². The number of hydroxylamine groups is 1. The van der Waals surface area contributed by atoms with Gasteiger partial charge < -0.3 is 9.84 Å². The van der Waals surface area contributed by atoms with Crippen molar-refractivity contribution in [2.24, 2.45) is 0 Å². The number of rotatable bonds is 4. The van der Waals surface area contributed by atoms with E-state index in [0.717, 1.165) is 24.8 Å². The summed E-state index contributed by atoms with van der Waals surface area (Å²) in [7, 11) is 0. The smallest absolute Gasteiger partial charge is 0.278 e. The van der Waals surface area contributed by atoms with Gasteiger partial charge in [-0.3, -0.25) is 4.79 Å². The van der Waals surface area contributed by atoms with Crippen LogP contribution < -0.4 is 5.48 Å². The van der Waals surface area contributed by atoms with Gasteiger partial charge in [-0.25, -0.2) is 10.3 Å². The van der Waals surface area contributed by atoms with E-state index in [4.69, 9.17) is 9.57 Å². The Morgan fingerprint density at radius 3 is 2.90 bits per heavy atom. The molecule has 5 nitrogen and oxygen atoms in total. The molecule has 1 unspecified atom stereocenters. The highest BCUT2D eigenvalue weighted by atomic mass is 16.8. The molecular formula is C15H21NO4. The molecule has 1 fully saturated rings. The maximum atomic E-state index is 12.0. The maximum Gasteiger partial charge on any atom is 0.278 e. The van der Waals surface area contributed by atoms with E-state index in [2.05, 4.69) is 5.48 Å². The first-order valence-electron chi connectivity index (χ1n) is 6.98. The predicted molar refractivity (Wildman–Crippen MR) is 74.3 cm³/mol. The zero-order chi connectivity index (χ0) is 14.5. The van der Waals surface area contributed by atoms with Gasteiger partial charge in [0.25, 0.3) is 5.91 Å². The van der Waals surface area contributed by atoms with Crippen LogP contribution in [0.4, 0.5) is 0 Å². The van der Waals surface area contributed by atoms with Gasteiger partial charge in [0, 0.05) is 13.0 Å². The van der Waals surface area contributed by atoms with Gasteiger partial charge in [-0.05, 0) is 36.5 Å². The number of hydrogen-bond donors (Lipinski definition) is 2. The Balaban J connectivity index is 1.99. The summed E-state index contributed by atoms with van der Waals surface area (Å²) in [6.07, 6.45) is 2.40. The molecule has 2 rings (SSSR count). The lowest BCUT2D eigenvalue weighted by atomic mass is 10.00. The van der Waals surface area contributed by atoms with Gasteiger partial charge >= 0.3 is 0 Å². The van der Waals surface area contributed by atoms with Gasteiger partial charge in [0.05, 0.1) is 5.56 Å². The summed E-state index contributed by atoms with van der Waals surface area (Å²) in [6, 6.07) is 5.02. The van der Waals surface area contributed by atoms with Crippen molar-refractivity contribution in [2.75, 3.05) is 6.61 Å². The van der Waals surface area contributed by atoms with E-state index in [0.29, 0.717) is 6.61 Å². The maximum absolute atomic E-state index is 12.0. The van der Waals surface area contributed by atoms with Crippen molar-refractivity contribution in [3.8, 4) is 5.75 Å². The van der Waals surface area contributed by atoms with Crippen molar-refractivity contribution < 1.29 is 19.5 Å². The van der Waals surface area contributed by atoms with Gasteiger partial charge in [0.15, 0.2) is 6.29 Å². The molecule has 0 aliphatic carbocycles. The third kappa shape index (κ3) is 3.71. The minimum atomic E-state index is -0.459. The number of carbonyl (C=O) groups excluding carboxylic acids is 1. The second-order valence-corrected chi connectivity index (χ2v) is 5.28. The lowest BCUT2D eigenvalue weighted by Crippen LogP contribution is -2.33. The van der Waals surface area contributed by atoms with Crippen LogP contribution in [0.3, 0.4) is 0 Å². The van der Waals surface area contributed by atoms with E-state index >= 15 is 0 Å². The Morgan fingerprint density at radius 2 is 2.25 bits per heavy atom. The van der Waals surface area contributed by atoms with E-state index in [1.165, 1.54) is 6.07 Å². The lowest BCUT2D eigenvalue weighted by Gasteiger charge is -2.22. The van der Waals surface area contributed by atoms with Gasteiger partial charge in [0.2, 0.25) is 0 Å². The van der Waals surface area contributed by atoms with E-state index in [1.807, 2.05) is 19.9 Å². The molecule has 1 amide bonds. The third-order valence-electron chi connectivity index (χ3n) is 3.35. The number of phenols is 1. The zero-order valence-electron chi connectivity index (χ0n) is 11.9. The summed E-state index contributed by atoms with van der Waals surface area (Å²) in [5, 5.41) is 9.78. The van der Waals surface area contributed by atoms with E-state index in [9.17, 15) is 9.90 Å². The number of benzene rings is 1. The van der Waals surface area contributed by atoms with Crippen LogP contribution in [0, 0.1) is 0 Å². The van der Waals surface area contributed by atoms with Crippen molar-refractivity contribution in [3.05, 3.63) is 29.3 Å². The first-order valence-corrected chi connectivity index (χ1v) is 6.98. The molecule has 2 N–H and O–H groups in total. The number of hydrogen-bond acceptors (Lipinski definition) is 4. The Labute approximate surface area is 118 Å². The van der Waals surface area contributed by atoms with Gasteiger partial charge in [-0.1, -0.05) is 19.9 Å². The van der Waals surface area contributed by atoms with Gasteiger partial charge in [-0.2, -0.15) is 0 Å². The first-order chi connectivity index (χ1) is 9.58. The molecule has 1 aliphatic rings. The van der Waals surface area contributed by atoms with Crippen LogP contribution in [-0.2, 0) is 9.57 Å². The number of ether oxygens (including phenoxy) is 1. The fraction of sp³-hybridized carbons (Fsp3) is 0.533. The minimum Gasteiger partial charge on any atom is -0.507 e. The first kappa shape index (κ1) is 14.8. The molecule has 0 spiro atoms. The van der Waals surface area contributed by atoms with E-state index in [1.54, 1.807) is 6.07 Å². The number of carbonyl (C=O) groups is 1. The molecule has 5 heteroatoms. The summed E-state index contributed by atoms with van der Waals surface area (Å²) >= 11 is 0. The molecule has 0 radical (unpaired) electrons. The van der Waals surface area contributed by atoms with Crippen molar-refractivity contribution >= 4 is 5.91 Å². The van der Waals surface area contributed by atoms with Crippen LogP contribution in [0.2, 0.25) is 0 Å².